The van der Waals surface area contributed by atoms with Crippen LogP contribution in [0.4, 0.5) is 0 Å². The van der Waals surface area contributed by atoms with E-state index in [2.05, 4.69) is 32.7 Å². The number of hydrogen-bond donors (Lipinski definition) is 1. The topological polar surface area (TPSA) is 55.4 Å². The molecular formula is C16H27NO3. The van der Waals surface area contributed by atoms with Crippen LogP contribution in [-0.4, -0.2) is 24.0 Å². The summed E-state index contributed by atoms with van der Waals surface area (Å²) in [5, 5.41) is 2.54. The van der Waals surface area contributed by atoms with E-state index < -0.39 is 6.04 Å². The van der Waals surface area contributed by atoms with Crippen molar-refractivity contribution in [2.24, 2.45) is 17.8 Å². The van der Waals surface area contributed by atoms with E-state index >= 15 is 0 Å². The van der Waals surface area contributed by atoms with Crippen molar-refractivity contribution in [2.45, 2.75) is 59.1 Å². The maximum absolute atomic E-state index is 12.1. The number of esters is 1. The summed E-state index contributed by atoms with van der Waals surface area (Å²) in [7, 11) is 0. The average Bonchev–Trinajstić information content (AvgIpc) is 2.38. The molecule has 1 aliphatic carbocycles. The molecule has 0 saturated heterocycles. The molecule has 4 heteroatoms. The lowest BCUT2D eigenvalue weighted by atomic mass is 9.75. The first-order valence-corrected chi connectivity index (χ1v) is 7.48. The number of hydrogen-bond acceptors (Lipinski definition) is 3. The van der Waals surface area contributed by atoms with E-state index in [0.717, 1.165) is 18.9 Å². The summed E-state index contributed by atoms with van der Waals surface area (Å²) < 4.78 is 5.65. The Morgan fingerprint density at radius 2 is 1.95 bits per heavy atom. The van der Waals surface area contributed by atoms with Crippen LogP contribution in [-0.2, 0) is 14.3 Å². The van der Waals surface area contributed by atoms with E-state index in [4.69, 9.17) is 4.74 Å². The Labute approximate surface area is 122 Å². The first-order chi connectivity index (χ1) is 9.35. The maximum atomic E-state index is 12.1. The monoisotopic (exact) mass is 281 g/mol. The number of carbonyl (C=O) groups excluding carboxylic acids is 2. The van der Waals surface area contributed by atoms with Crippen molar-refractivity contribution >= 4 is 11.9 Å². The van der Waals surface area contributed by atoms with Gasteiger partial charge in [0.05, 0.1) is 0 Å². The molecule has 0 heterocycles. The fourth-order valence-electron chi connectivity index (χ4n) is 2.83. The van der Waals surface area contributed by atoms with Crippen LogP contribution in [0.5, 0.6) is 0 Å². The number of ether oxygens (including phenoxy) is 1. The number of carbonyl (C=O) groups is 2. The van der Waals surface area contributed by atoms with Crippen LogP contribution in [0.25, 0.3) is 0 Å². The van der Waals surface area contributed by atoms with E-state index in [9.17, 15) is 9.59 Å². The smallest absolute Gasteiger partial charge is 0.328 e. The van der Waals surface area contributed by atoms with Crippen molar-refractivity contribution in [2.75, 3.05) is 0 Å². The number of nitrogens with one attached hydrogen (secondary N) is 1. The van der Waals surface area contributed by atoms with E-state index in [1.165, 1.54) is 6.42 Å². The van der Waals surface area contributed by atoms with Gasteiger partial charge in [0.25, 0.3) is 0 Å². The van der Waals surface area contributed by atoms with E-state index in [0.29, 0.717) is 17.8 Å². The van der Waals surface area contributed by atoms with Gasteiger partial charge in [0, 0.05) is 0 Å². The van der Waals surface area contributed by atoms with Crippen molar-refractivity contribution < 1.29 is 14.3 Å². The van der Waals surface area contributed by atoms with Gasteiger partial charge in [0.15, 0.2) is 0 Å². The number of rotatable bonds is 5. The molecule has 1 saturated carbocycles. The molecular weight excluding hydrogens is 254 g/mol. The summed E-state index contributed by atoms with van der Waals surface area (Å²) in [6.45, 7) is 11.5. The molecule has 0 aromatic rings. The molecule has 20 heavy (non-hydrogen) atoms. The van der Waals surface area contributed by atoms with E-state index in [1.54, 1.807) is 6.92 Å². The van der Waals surface area contributed by atoms with Crippen LogP contribution in [0.2, 0.25) is 0 Å². The second kappa shape index (κ2) is 7.46. The van der Waals surface area contributed by atoms with Crippen LogP contribution < -0.4 is 5.32 Å². The molecule has 1 amide bonds. The summed E-state index contributed by atoms with van der Waals surface area (Å²) in [6, 6.07) is -0.634. The zero-order chi connectivity index (χ0) is 15.3. The van der Waals surface area contributed by atoms with Gasteiger partial charge in [0.1, 0.15) is 12.1 Å². The van der Waals surface area contributed by atoms with Crippen molar-refractivity contribution in [3.8, 4) is 0 Å². The van der Waals surface area contributed by atoms with Gasteiger partial charge in [-0.1, -0.05) is 33.8 Å². The molecule has 1 aliphatic rings. The second-order valence-corrected chi connectivity index (χ2v) is 6.24. The Morgan fingerprint density at radius 1 is 1.30 bits per heavy atom. The van der Waals surface area contributed by atoms with Gasteiger partial charge in [0.2, 0.25) is 5.91 Å². The predicted molar refractivity (Wildman–Crippen MR) is 79.0 cm³/mol. The molecule has 3 unspecified atom stereocenters. The molecule has 0 aliphatic heterocycles. The van der Waals surface area contributed by atoms with Crippen LogP contribution in [0, 0.1) is 17.8 Å². The molecule has 1 fully saturated rings. The second-order valence-electron chi connectivity index (χ2n) is 6.24. The van der Waals surface area contributed by atoms with Gasteiger partial charge >= 0.3 is 5.97 Å². The average molecular weight is 281 g/mol. The third kappa shape index (κ3) is 4.66. The molecule has 4 atom stereocenters. The molecule has 0 aromatic carbocycles. The summed E-state index contributed by atoms with van der Waals surface area (Å²) >= 11 is 0. The highest BCUT2D eigenvalue weighted by Crippen LogP contribution is 2.35. The van der Waals surface area contributed by atoms with Crippen molar-refractivity contribution in [1.82, 2.24) is 5.32 Å². The molecule has 4 nitrogen and oxygen atoms in total. The first kappa shape index (κ1) is 16.7. The third-order valence-corrected chi connectivity index (χ3v) is 4.13. The molecule has 1 N–H and O–H groups in total. The van der Waals surface area contributed by atoms with Crippen LogP contribution in [0.1, 0.15) is 47.0 Å². The first-order valence-electron chi connectivity index (χ1n) is 7.48. The van der Waals surface area contributed by atoms with E-state index in [1.807, 2.05) is 0 Å². The fourth-order valence-corrected chi connectivity index (χ4v) is 2.83. The van der Waals surface area contributed by atoms with Gasteiger partial charge in [-0.25, -0.2) is 4.79 Å². The van der Waals surface area contributed by atoms with Crippen molar-refractivity contribution in [3.05, 3.63) is 12.7 Å². The largest absolute Gasteiger partial charge is 0.461 e. The normalized spacial score (nSPS) is 27.8. The summed E-state index contributed by atoms with van der Waals surface area (Å²) in [4.78, 5) is 23.3. The van der Waals surface area contributed by atoms with Gasteiger partial charge in [-0.15, -0.1) is 0 Å². The summed E-state index contributed by atoms with van der Waals surface area (Å²) in [5.74, 6) is 0.786. The lowest BCUT2D eigenvalue weighted by Crippen LogP contribution is -2.43. The van der Waals surface area contributed by atoms with Crippen molar-refractivity contribution in [3.63, 3.8) is 0 Å². The third-order valence-electron chi connectivity index (χ3n) is 4.13. The van der Waals surface area contributed by atoms with Gasteiger partial charge in [-0.3, -0.25) is 4.79 Å². The molecule has 1 rings (SSSR count). The van der Waals surface area contributed by atoms with Crippen molar-refractivity contribution in [1.29, 1.82) is 0 Å². The van der Waals surface area contributed by atoms with Gasteiger partial charge < -0.3 is 10.1 Å². The Bertz CT molecular complexity index is 365. The Balaban J connectivity index is 2.61. The molecule has 0 aromatic heterocycles. The van der Waals surface area contributed by atoms with Crippen LogP contribution >= 0.6 is 0 Å². The highest BCUT2D eigenvalue weighted by atomic mass is 16.5. The van der Waals surface area contributed by atoms with Crippen LogP contribution in [0.15, 0.2) is 12.7 Å². The lowest BCUT2D eigenvalue weighted by Gasteiger charge is -2.37. The Morgan fingerprint density at radius 3 is 2.50 bits per heavy atom. The van der Waals surface area contributed by atoms with Gasteiger partial charge in [-0.05, 0) is 43.6 Å². The number of amides is 1. The highest BCUT2D eigenvalue weighted by molar-refractivity contribution is 5.90. The SMILES string of the molecule is C=CC(=O)N[C@H](C)C(=O)OC1CC(C)CCC1C(C)C. The van der Waals surface area contributed by atoms with Crippen LogP contribution in [0.3, 0.4) is 0 Å². The maximum Gasteiger partial charge on any atom is 0.328 e. The molecule has 0 bridgehead atoms. The predicted octanol–water partition coefficient (Wildman–Crippen LogP) is 2.68. The molecule has 0 spiro atoms. The Hall–Kier alpha value is -1.32. The van der Waals surface area contributed by atoms with Gasteiger partial charge in [-0.2, -0.15) is 0 Å². The minimum absolute atomic E-state index is 0.0330. The lowest BCUT2D eigenvalue weighted by molar-refractivity contribution is -0.158. The summed E-state index contributed by atoms with van der Waals surface area (Å²) in [6.07, 6.45) is 4.33. The Kier molecular flexibility index (Phi) is 6.24. The summed E-state index contributed by atoms with van der Waals surface area (Å²) in [5.41, 5.74) is 0. The standard InChI is InChI=1S/C16H27NO3/c1-6-15(18)17-12(5)16(19)20-14-9-11(4)7-8-13(14)10(2)3/h6,10-14H,1,7-9H2,2-5H3,(H,17,18)/t11?,12-,13?,14?/m1/s1. The fraction of sp³-hybridized carbons (Fsp3) is 0.750. The zero-order valence-electron chi connectivity index (χ0n) is 13.0. The zero-order valence-corrected chi connectivity index (χ0v) is 13.0. The quantitative estimate of drug-likeness (QED) is 0.622. The molecule has 0 radical (unpaired) electrons. The molecule has 114 valence electrons. The highest BCUT2D eigenvalue weighted by Gasteiger charge is 2.34. The minimum Gasteiger partial charge on any atom is -0.461 e. The van der Waals surface area contributed by atoms with E-state index in [-0.39, 0.29) is 18.0 Å². The minimum atomic E-state index is -0.634.